The maximum absolute atomic E-state index is 11.4. The van der Waals surface area contributed by atoms with Crippen molar-refractivity contribution in [3.05, 3.63) is 58.4 Å². The topological polar surface area (TPSA) is 48.4 Å². The van der Waals surface area contributed by atoms with E-state index in [1.54, 1.807) is 31.5 Å². The third-order valence-corrected chi connectivity index (χ3v) is 3.46. The lowest BCUT2D eigenvalue weighted by Crippen LogP contribution is -2.02. The standard InChI is InChI=1S/C16H16ClNO3/c1-20-15-13(17)9-10-18-14(15)8-5-11-3-6-12(7-4-11)16(19)21-2/h3-4,6-7,9-10H,5,8H2,1-2H3. The zero-order valence-corrected chi connectivity index (χ0v) is 12.7. The van der Waals surface area contributed by atoms with Crippen LogP contribution >= 0.6 is 11.6 Å². The van der Waals surface area contributed by atoms with Gasteiger partial charge in [0, 0.05) is 6.20 Å². The maximum Gasteiger partial charge on any atom is 0.337 e. The second-order valence-corrected chi connectivity index (χ2v) is 4.87. The molecule has 5 heteroatoms. The van der Waals surface area contributed by atoms with Gasteiger partial charge in [-0.3, -0.25) is 4.98 Å². The number of nitrogens with zero attached hydrogens (tertiary/aromatic N) is 1. The average molecular weight is 306 g/mol. The van der Waals surface area contributed by atoms with Crippen LogP contribution in [-0.4, -0.2) is 25.2 Å². The van der Waals surface area contributed by atoms with Crippen LogP contribution in [0.4, 0.5) is 0 Å². The van der Waals surface area contributed by atoms with E-state index in [0.717, 1.165) is 17.7 Å². The highest BCUT2D eigenvalue weighted by molar-refractivity contribution is 6.32. The first kappa shape index (κ1) is 15.3. The van der Waals surface area contributed by atoms with Crippen molar-refractivity contribution in [3.63, 3.8) is 0 Å². The molecule has 2 rings (SSSR count). The summed E-state index contributed by atoms with van der Waals surface area (Å²) in [6.07, 6.45) is 3.16. The summed E-state index contributed by atoms with van der Waals surface area (Å²) in [6.45, 7) is 0. The zero-order valence-electron chi connectivity index (χ0n) is 11.9. The van der Waals surface area contributed by atoms with Crippen LogP contribution in [0, 0.1) is 0 Å². The molecule has 0 unspecified atom stereocenters. The molecule has 21 heavy (non-hydrogen) atoms. The predicted molar refractivity (Wildman–Crippen MR) is 81.0 cm³/mol. The molecule has 0 aliphatic carbocycles. The fourth-order valence-electron chi connectivity index (χ4n) is 2.05. The molecule has 0 fully saturated rings. The number of halogens is 1. The number of ether oxygens (including phenoxy) is 2. The van der Waals surface area contributed by atoms with Crippen LogP contribution in [0.15, 0.2) is 36.5 Å². The first-order valence-corrected chi connectivity index (χ1v) is 6.88. The van der Waals surface area contributed by atoms with Crippen LogP contribution < -0.4 is 4.74 Å². The van der Waals surface area contributed by atoms with Crippen LogP contribution in [-0.2, 0) is 17.6 Å². The van der Waals surface area contributed by atoms with Gasteiger partial charge in [0.15, 0.2) is 5.75 Å². The highest BCUT2D eigenvalue weighted by atomic mass is 35.5. The summed E-state index contributed by atoms with van der Waals surface area (Å²) >= 11 is 6.07. The minimum absolute atomic E-state index is 0.334. The van der Waals surface area contributed by atoms with E-state index < -0.39 is 0 Å². The number of methoxy groups -OCH3 is 2. The molecule has 1 aromatic carbocycles. The molecular formula is C16H16ClNO3. The van der Waals surface area contributed by atoms with Gasteiger partial charge in [0.1, 0.15) is 0 Å². The van der Waals surface area contributed by atoms with Gasteiger partial charge >= 0.3 is 5.97 Å². The van der Waals surface area contributed by atoms with E-state index in [1.165, 1.54) is 7.11 Å². The highest BCUT2D eigenvalue weighted by Gasteiger charge is 2.09. The Labute approximate surface area is 128 Å². The lowest BCUT2D eigenvalue weighted by atomic mass is 10.1. The molecular weight excluding hydrogens is 290 g/mol. The SMILES string of the molecule is COC(=O)c1ccc(CCc2nccc(Cl)c2OC)cc1. The number of hydrogen-bond acceptors (Lipinski definition) is 4. The normalized spacial score (nSPS) is 10.2. The van der Waals surface area contributed by atoms with Gasteiger partial charge in [-0.1, -0.05) is 23.7 Å². The molecule has 110 valence electrons. The molecule has 0 saturated carbocycles. The Morgan fingerprint density at radius 3 is 2.48 bits per heavy atom. The molecule has 1 aromatic heterocycles. The minimum Gasteiger partial charge on any atom is -0.493 e. The average Bonchev–Trinajstić information content (AvgIpc) is 2.52. The van der Waals surface area contributed by atoms with Crippen LogP contribution in [0.2, 0.25) is 5.02 Å². The zero-order chi connectivity index (χ0) is 15.2. The summed E-state index contributed by atoms with van der Waals surface area (Å²) in [5, 5.41) is 0.559. The van der Waals surface area contributed by atoms with Gasteiger partial charge in [0.2, 0.25) is 0 Å². The van der Waals surface area contributed by atoms with E-state index in [4.69, 9.17) is 16.3 Å². The van der Waals surface area contributed by atoms with Crippen molar-refractivity contribution in [2.45, 2.75) is 12.8 Å². The van der Waals surface area contributed by atoms with Gasteiger partial charge in [-0.15, -0.1) is 0 Å². The lowest BCUT2D eigenvalue weighted by Gasteiger charge is -2.09. The molecule has 0 N–H and O–H groups in total. The molecule has 0 spiro atoms. The largest absolute Gasteiger partial charge is 0.493 e. The summed E-state index contributed by atoms with van der Waals surface area (Å²) in [7, 11) is 2.95. The fraction of sp³-hybridized carbons (Fsp3) is 0.250. The predicted octanol–water partition coefficient (Wildman–Crippen LogP) is 3.32. The van der Waals surface area contributed by atoms with E-state index in [9.17, 15) is 4.79 Å². The van der Waals surface area contributed by atoms with Crippen molar-refractivity contribution in [1.29, 1.82) is 0 Å². The van der Waals surface area contributed by atoms with Crippen LogP contribution in [0.1, 0.15) is 21.6 Å². The highest BCUT2D eigenvalue weighted by Crippen LogP contribution is 2.27. The number of rotatable bonds is 5. The number of pyridine rings is 1. The third kappa shape index (κ3) is 3.73. The number of esters is 1. The Hall–Kier alpha value is -2.07. The first-order valence-electron chi connectivity index (χ1n) is 6.50. The van der Waals surface area contributed by atoms with Crippen LogP contribution in [0.3, 0.4) is 0 Å². The van der Waals surface area contributed by atoms with Crippen molar-refractivity contribution < 1.29 is 14.3 Å². The monoisotopic (exact) mass is 305 g/mol. The van der Waals surface area contributed by atoms with Crippen molar-refractivity contribution in [3.8, 4) is 5.75 Å². The Kier molecular flexibility index (Phi) is 5.17. The molecule has 0 radical (unpaired) electrons. The van der Waals surface area contributed by atoms with Gasteiger partial charge in [-0.2, -0.15) is 0 Å². The molecule has 0 bridgehead atoms. The van der Waals surface area contributed by atoms with Gasteiger partial charge in [0.05, 0.1) is 30.5 Å². The van der Waals surface area contributed by atoms with Crippen LogP contribution in [0.25, 0.3) is 0 Å². The summed E-state index contributed by atoms with van der Waals surface area (Å²) in [4.78, 5) is 15.7. The first-order chi connectivity index (χ1) is 10.2. The van der Waals surface area contributed by atoms with Crippen molar-refractivity contribution in [1.82, 2.24) is 4.98 Å². The number of carbonyl (C=O) groups excluding carboxylic acids is 1. The number of benzene rings is 1. The second-order valence-electron chi connectivity index (χ2n) is 4.46. The van der Waals surface area contributed by atoms with Crippen molar-refractivity contribution in [2.24, 2.45) is 0 Å². The molecule has 2 aromatic rings. The van der Waals surface area contributed by atoms with Gasteiger partial charge in [0.25, 0.3) is 0 Å². The van der Waals surface area contributed by atoms with E-state index >= 15 is 0 Å². The minimum atomic E-state index is -0.334. The fourth-order valence-corrected chi connectivity index (χ4v) is 2.29. The van der Waals surface area contributed by atoms with Crippen LogP contribution in [0.5, 0.6) is 5.75 Å². The molecule has 0 atom stereocenters. The molecule has 0 aliphatic heterocycles. The summed E-state index contributed by atoms with van der Waals surface area (Å²) in [5.74, 6) is 0.282. The summed E-state index contributed by atoms with van der Waals surface area (Å²) in [6, 6.07) is 9.02. The van der Waals surface area contributed by atoms with Gasteiger partial charge in [-0.05, 0) is 36.6 Å². The third-order valence-electron chi connectivity index (χ3n) is 3.16. The Bertz CT molecular complexity index is 626. The van der Waals surface area contributed by atoms with Gasteiger partial charge in [-0.25, -0.2) is 4.79 Å². The lowest BCUT2D eigenvalue weighted by molar-refractivity contribution is 0.0600. The van der Waals surface area contributed by atoms with E-state index in [0.29, 0.717) is 22.8 Å². The van der Waals surface area contributed by atoms with E-state index in [1.807, 2.05) is 12.1 Å². The van der Waals surface area contributed by atoms with Crippen molar-refractivity contribution in [2.75, 3.05) is 14.2 Å². The second kappa shape index (κ2) is 7.09. The molecule has 0 amide bonds. The quantitative estimate of drug-likeness (QED) is 0.795. The van der Waals surface area contributed by atoms with Crippen molar-refractivity contribution >= 4 is 17.6 Å². The Morgan fingerprint density at radius 1 is 1.14 bits per heavy atom. The maximum atomic E-state index is 11.4. The summed E-state index contributed by atoms with van der Waals surface area (Å²) in [5.41, 5.74) is 2.47. The smallest absolute Gasteiger partial charge is 0.337 e. The number of hydrogen-bond donors (Lipinski definition) is 0. The molecule has 0 saturated heterocycles. The number of aromatic nitrogens is 1. The van der Waals surface area contributed by atoms with E-state index in [-0.39, 0.29) is 5.97 Å². The number of carbonyl (C=O) groups is 1. The molecule has 4 nitrogen and oxygen atoms in total. The van der Waals surface area contributed by atoms with E-state index in [2.05, 4.69) is 9.72 Å². The Balaban J connectivity index is 2.07. The number of aryl methyl sites for hydroxylation is 2. The Morgan fingerprint density at radius 2 is 1.86 bits per heavy atom. The molecule has 1 heterocycles. The van der Waals surface area contributed by atoms with Gasteiger partial charge < -0.3 is 9.47 Å². The molecule has 0 aliphatic rings. The summed E-state index contributed by atoms with van der Waals surface area (Å²) < 4.78 is 9.94.